The molecule has 0 spiro atoms. The lowest BCUT2D eigenvalue weighted by atomic mass is 10.1. The van der Waals surface area contributed by atoms with Crippen LogP contribution in [0.3, 0.4) is 0 Å². The van der Waals surface area contributed by atoms with Gasteiger partial charge in [0.05, 0.1) is 21.1 Å². The van der Waals surface area contributed by atoms with Crippen LogP contribution in [0.25, 0.3) is 16.6 Å². The number of allylic oxidation sites excluding steroid dienone is 1. The van der Waals surface area contributed by atoms with E-state index in [-0.39, 0.29) is 17.2 Å². The average Bonchev–Trinajstić information content (AvgIpc) is 3.02. The van der Waals surface area contributed by atoms with Crippen LogP contribution in [0.1, 0.15) is 20.9 Å². The van der Waals surface area contributed by atoms with Gasteiger partial charge in [-0.1, -0.05) is 12.1 Å². The molecule has 0 fully saturated rings. The molecule has 0 aliphatic heterocycles. The van der Waals surface area contributed by atoms with Gasteiger partial charge in [-0.15, -0.1) is 11.3 Å². The number of nitro groups is 1. The number of phenolic OH excluding ortho intramolecular Hbond substituents is 1. The third-order valence-electron chi connectivity index (χ3n) is 3.68. The van der Waals surface area contributed by atoms with E-state index < -0.39 is 4.92 Å². The zero-order valence-electron chi connectivity index (χ0n) is 13.7. The number of aromatic nitrogens is 1. The molecule has 0 aliphatic carbocycles. The Morgan fingerprint density at radius 2 is 1.88 bits per heavy atom. The standard InChI is InChI=1S/C19H14N2O4S/c1-12-18(26-19(20-12)14-6-9-15(22)10-7-14)17(23)11-8-13-4-2-3-5-16(13)21(24)25/h2-11,22H,1H3. The number of nitrogens with zero attached hydrogens (tertiary/aromatic N) is 2. The maximum Gasteiger partial charge on any atom is 0.276 e. The fourth-order valence-electron chi connectivity index (χ4n) is 2.39. The summed E-state index contributed by atoms with van der Waals surface area (Å²) in [6.45, 7) is 1.74. The van der Waals surface area contributed by atoms with Crippen LogP contribution in [0, 0.1) is 17.0 Å². The molecule has 0 aliphatic rings. The molecular formula is C19H14N2O4S. The minimum atomic E-state index is -0.481. The predicted molar refractivity (Wildman–Crippen MR) is 100 cm³/mol. The highest BCUT2D eigenvalue weighted by Crippen LogP contribution is 2.29. The van der Waals surface area contributed by atoms with E-state index in [4.69, 9.17) is 0 Å². The first-order valence-electron chi connectivity index (χ1n) is 7.68. The summed E-state index contributed by atoms with van der Waals surface area (Å²) in [5.74, 6) is -0.103. The number of carbonyl (C=O) groups excluding carboxylic acids is 1. The third kappa shape index (κ3) is 3.68. The predicted octanol–water partition coefficient (Wildman–Crippen LogP) is 4.63. The molecule has 0 saturated heterocycles. The first-order chi connectivity index (χ1) is 12.5. The molecule has 0 unspecified atom stereocenters. The number of benzene rings is 2. The molecule has 7 heteroatoms. The van der Waals surface area contributed by atoms with Crippen molar-refractivity contribution in [1.82, 2.24) is 4.98 Å². The van der Waals surface area contributed by atoms with Gasteiger partial charge in [-0.05, 0) is 49.4 Å². The Morgan fingerprint density at radius 1 is 1.19 bits per heavy atom. The number of nitro benzene ring substituents is 1. The van der Waals surface area contributed by atoms with Gasteiger partial charge in [0, 0.05) is 11.6 Å². The highest BCUT2D eigenvalue weighted by atomic mass is 32.1. The van der Waals surface area contributed by atoms with E-state index in [1.165, 1.54) is 29.6 Å². The third-order valence-corrected chi connectivity index (χ3v) is 4.90. The number of carbonyl (C=O) groups is 1. The molecular weight excluding hydrogens is 352 g/mol. The fourth-order valence-corrected chi connectivity index (χ4v) is 3.38. The Kier molecular flexibility index (Phi) is 4.90. The summed E-state index contributed by atoms with van der Waals surface area (Å²) in [6, 6.07) is 12.8. The van der Waals surface area contributed by atoms with E-state index in [0.717, 1.165) is 5.56 Å². The quantitative estimate of drug-likeness (QED) is 0.307. The summed E-state index contributed by atoms with van der Waals surface area (Å²) >= 11 is 1.24. The van der Waals surface area contributed by atoms with Crippen molar-refractivity contribution in [2.75, 3.05) is 0 Å². The molecule has 1 aromatic heterocycles. The molecule has 3 aromatic rings. The molecule has 2 aromatic carbocycles. The van der Waals surface area contributed by atoms with Crippen molar-refractivity contribution in [3.8, 4) is 16.3 Å². The second kappa shape index (κ2) is 7.28. The van der Waals surface area contributed by atoms with Crippen molar-refractivity contribution in [2.45, 2.75) is 6.92 Å². The van der Waals surface area contributed by atoms with Crippen molar-refractivity contribution in [3.05, 3.63) is 80.9 Å². The van der Waals surface area contributed by atoms with Crippen LogP contribution in [0.5, 0.6) is 5.75 Å². The van der Waals surface area contributed by atoms with Crippen molar-refractivity contribution < 1.29 is 14.8 Å². The molecule has 130 valence electrons. The monoisotopic (exact) mass is 366 g/mol. The largest absolute Gasteiger partial charge is 0.508 e. The van der Waals surface area contributed by atoms with E-state index in [2.05, 4.69) is 4.98 Å². The molecule has 3 rings (SSSR count). The highest BCUT2D eigenvalue weighted by Gasteiger charge is 2.15. The number of para-hydroxylation sites is 1. The van der Waals surface area contributed by atoms with Gasteiger partial charge in [0.25, 0.3) is 5.69 Å². The van der Waals surface area contributed by atoms with Gasteiger partial charge >= 0.3 is 0 Å². The molecule has 0 radical (unpaired) electrons. The summed E-state index contributed by atoms with van der Waals surface area (Å²) in [7, 11) is 0. The summed E-state index contributed by atoms with van der Waals surface area (Å²) in [4.78, 5) is 27.9. The van der Waals surface area contributed by atoms with E-state index in [1.54, 1.807) is 49.4 Å². The number of hydrogen-bond acceptors (Lipinski definition) is 6. The SMILES string of the molecule is Cc1nc(-c2ccc(O)cc2)sc1C(=O)C=Cc1ccccc1[N+](=O)[O-]. The van der Waals surface area contributed by atoms with E-state index in [0.29, 0.717) is 21.1 Å². The van der Waals surface area contributed by atoms with Gasteiger partial charge < -0.3 is 5.11 Å². The summed E-state index contributed by atoms with van der Waals surface area (Å²) in [6.07, 6.45) is 2.77. The second-order valence-corrected chi connectivity index (χ2v) is 6.49. The highest BCUT2D eigenvalue weighted by molar-refractivity contribution is 7.17. The van der Waals surface area contributed by atoms with Crippen LogP contribution in [-0.2, 0) is 0 Å². The fraction of sp³-hybridized carbons (Fsp3) is 0.0526. The van der Waals surface area contributed by atoms with Crippen molar-refractivity contribution in [3.63, 3.8) is 0 Å². The first-order valence-corrected chi connectivity index (χ1v) is 8.50. The van der Waals surface area contributed by atoms with Crippen molar-refractivity contribution in [2.24, 2.45) is 0 Å². The first kappa shape index (κ1) is 17.5. The normalized spacial score (nSPS) is 11.0. The Bertz CT molecular complexity index is 1010. The van der Waals surface area contributed by atoms with E-state index >= 15 is 0 Å². The van der Waals surface area contributed by atoms with Crippen LogP contribution < -0.4 is 0 Å². The number of ketones is 1. The van der Waals surface area contributed by atoms with Crippen LogP contribution in [0.4, 0.5) is 5.69 Å². The van der Waals surface area contributed by atoms with Gasteiger partial charge in [0.1, 0.15) is 10.8 Å². The molecule has 0 bridgehead atoms. The molecule has 1 heterocycles. The van der Waals surface area contributed by atoms with Gasteiger partial charge in [-0.25, -0.2) is 4.98 Å². The van der Waals surface area contributed by atoms with Gasteiger partial charge in [-0.2, -0.15) is 0 Å². The van der Waals surface area contributed by atoms with Gasteiger partial charge in [-0.3, -0.25) is 14.9 Å². The number of thiazole rings is 1. The van der Waals surface area contributed by atoms with E-state index in [1.807, 2.05) is 0 Å². The van der Waals surface area contributed by atoms with Gasteiger partial charge in [0.2, 0.25) is 0 Å². The smallest absolute Gasteiger partial charge is 0.276 e. The summed E-state index contributed by atoms with van der Waals surface area (Å²) in [5, 5.41) is 21.1. The van der Waals surface area contributed by atoms with Crippen molar-refractivity contribution >= 4 is 28.9 Å². The molecule has 1 N–H and O–H groups in total. The van der Waals surface area contributed by atoms with E-state index in [9.17, 15) is 20.0 Å². The Hall–Kier alpha value is -3.32. The molecule has 6 nitrogen and oxygen atoms in total. The van der Waals surface area contributed by atoms with Crippen LogP contribution in [0.15, 0.2) is 54.6 Å². The summed E-state index contributed by atoms with van der Waals surface area (Å²) < 4.78 is 0. The average molecular weight is 366 g/mol. The number of aryl methyl sites for hydroxylation is 1. The Morgan fingerprint density at radius 3 is 2.58 bits per heavy atom. The van der Waals surface area contributed by atoms with Crippen molar-refractivity contribution in [1.29, 1.82) is 0 Å². The van der Waals surface area contributed by atoms with Crippen LogP contribution in [0.2, 0.25) is 0 Å². The minimum absolute atomic E-state index is 0.0534. The Balaban J connectivity index is 1.87. The summed E-state index contributed by atoms with van der Waals surface area (Å²) in [5.41, 5.74) is 1.71. The topological polar surface area (TPSA) is 93.3 Å². The molecule has 0 saturated carbocycles. The maximum atomic E-state index is 12.5. The number of phenols is 1. The van der Waals surface area contributed by atoms with Gasteiger partial charge in [0.15, 0.2) is 5.78 Å². The molecule has 0 amide bonds. The molecule has 26 heavy (non-hydrogen) atoms. The lowest BCUT2D eigenvalue weighted by Gasteiger charge is -1.96. The number of rotatable bonds is 5. The molecule has 0 atom stereocenters. The zero-order chi connectivity index (χ0) is 18.7. The number of aromatic hydroxyl groups is 1. The zero-order valence-corrected chi connectivity index (χ0v) is 14.6. The lowest BCUT2D eigenvalue weighted by Crippen LogP contribution is -1.94. The minimum Gasteiger partial charge on any atom is -0.508 e. The van der Waals surface area contributed by atoms with Crippen LogP contribution >= 0.6 is 11.3 Å². The lowest BCUT2D eigenvalue weighted by molar-refractivity contribution is -0.385. The maximum absolute atomic E-state index is 12.5. The second-order valence-electron chi connectivity index (χ2n) is 5.49. The number of hydrogen-bond donors (Lipinski definition) is 1. The van der Waals surface area contributed by atoms with Crippen LogP contribution in [-0.4, -0.2) is 20.8 Å². The Labute approximate surface area is 153 Å².